The standard InChI is InChI=1S/C19H21N7O2.ClH/c1-13(27)23-17-7-3-15(4-8-17)11-21-25-19(20)26-22-12-16-5-9-18(10-6-16)24-14(2)28;/h3-12H,1-2H3,(H,23,27)(H,24,28)(H3,20,25,26);1H. The highest BCUT2D eigenvalue weighted by molar-refractivity contribution is 5.90. The van der Waals surface area contributed by atoms with Crippen LogP contribution in [0.25, 0.3) is 0 Å². The monoisotopic (exact) mass is 415 g/mol. The van der Waals surface area contributed by atoms with Gasteiger partial charge < -0.3 is 16.4 Å². The molecule has 0 aromatic heterocycles. The van der Waals surface area contributed by atoms with Crippen LogP contribution in [-0.4, -0.2) is 30.2 Å². The Bertz CT molecular complexity index is 907. The van der Waals surface area contributed by atoms with E-state index >= 15 is 0 Å². The number of rotatable bonds is 6. The molecule has 0 aliphatic carbocycles. The fraction of sp³-hybridized carbons (Fsp3) is 0.105. The molecule has 29 heavy (non-hydrogen) atoms. The summed E-state index contributed by atoms with van der Waals surface area (Å²) in [6, 6.07) is 14.2. The van der Waals surface area contributed by atoms with Crippen molar-refractivity contribution in [1.82, 2.24) is 5.43 Å². The number of benzene rings is 2. The third-order valence-electron chi connectivity index (χ3n) is 3.23. The minimum Gasteiger partial charge on any atom is -0.367 e. The molecular formula is C19H22ClN7O2. The van der Waals surface area contributed by atoms with Crippen molar-refractivity contribution in [3.05, 3.63) is 59.7 Å². The van der Waals surface area contributed by atoms with Crippen LogP contribution in [0.15, 0.2) is 63.8 Å². The quantitative estimate of drug-likeness (QED) is 0.327. The van der Waals surface area contributed by atoms with Crippen molar-refractivity contribution in [2.45, 2.75) is 13.8 Å². The molecular weight excluding hydrogens is 394 g/mol. The number of nitrogens with zero attached hydrogens (tertiary/aromatic N) is 3. The van der Waals surface area contributed by atoms with E-state index in [2.05, 4.69) is 31.4 Å². The summed E-state index contributed by atoms with van der Waals surface area (Å²) < 4.78 is 0. The average molecular weight is 416 g/mol. The second-order valence-electron chi connectivity index (χ2n) is 5.71. The molecule has 2 aromatic rings. The lowest BCUT2D eigenvalue weighted by molar-refractivity contribution is -0.115. The van der Waals surface area contributed by atoms with E-state index in [4.69, 9.17) is 5.73 Å². The number of nitrogens with one attached hydrogen (secondary N) is 3. The molecule has 0 unspecified atom stereocenters. The SMILES string of the molecule is CC(=O)Nc1ccc(C=NN=C(N)NN=Cc2ccc(NC(C)=O)cc2)cc1.Cl. The number of hydrogen-bond donors (Lipinski definition) is 4. The van der Waals surface area contributed by atoms with Crippen molar-refractivity contribution in [3.8, 4) is 0 Å². The average Bonchev–Trinajstić information content (AvgIpc) is 2.64. The van der Waals surface area contributed by atoms with Crippen LogP contribution in [0.5, 0.6) is 0 Å². The van der Waals surface area contributed by atoms with Gasteiger partial charge in [0, 0.05) is 25.2 Å². The summed E-state index contributed by atoms with van der Waals surface area (Å²) in [6.07, 6.45) is 3.08. The number of amides is 2. The molecule has 2 amide bonds. The molecule has 0 radical (unpaired) electrons. The molecule has 0 saturated carbocycles. The Balaban J connectivity index is 0.00000420. The minimum absolute atomic E-state index is 0. The maximum Gasteiger partial charge on any atom is 0.234 e. The van der Waals surface area contributed by atoms with E-state index in [0.717, 1.165) is 11.1 Å². The van der Waals surface area contributed by atoms with Crippen molar-refractivity contribution in [3.63, 3.8) is 0 Å². The Kier molecular flexibility index (Phi) is 9.55. The fourth-order valence-electron chi connectivity index (χ4n) is 2.06. The van der Waals surface area contributed by atoms with E-state index in [0.29, 0.717) is 11.4 Å². The van der Waals surface area contributed by atoms with Gasteiger partial charge in [0.25, 0.3) is 0 Å². The zero-order valence-corrected chi connectivity index (χ0v) is 16.7. The van der Waals surface area contributed by atoms with Gasteiger partial charge in [-0.1, -0.05) is 24.3 Å². The van der Waals surface area contributed by atoms with Gasteiger partial charge in [-0.05, 0) is 35.4 Å². The highest BCUT2D eigenvalue weighted by atomic mass is 35.5. The third kappa shape index (κ3) is 9.16. The fourth-order valence-corrected chi connectivity index (χ4v) is 2.06. The molecule has 2 rings (SSSR count). The molecule has 0 spiro atoms. The molecule has 0 heterocycles. The number of guanidine groups is 1. The van der Waals surface area contributed by atoms with Gasteiger partial charge in [-0.3, -0.25) is 9.59 Å². The van der Waals surface area contributed by atoms with Gasteiger partial charge >= 0.3 is 0 Å². The van der Waals surface area contributed by atoms with E-state index < -0.39 is 0 Å². The summed E-state index contributed by atoms with van der Waals surface area (Å²) in [5.41, 5.74) is 11.3. The minimum atomic E-state index is -0.130. The van der Waals surface area contributed by atoms with E-state index in [1.165, 1.54) is 20.1 Å². The van der Waals surface area contributed by atoms with Crippen molar-refractivity contribution in [2.24, 2.45) is 21.0 Å². The van der Waals surface area contributed by atoms with E-state index in [9.17, 15) is 9.59 Å². The second kappa shape index (κ2) is 11.9. The first-order chi connectivity index (χ1) is 13.4. The Morgan fingerprint density at radius 2 is 1.28 bits per heavy atom. The van der Waals surface area contributed by atoms with Crippen LogP contribution in [0, 0.1) is 0 Å². The smallest absolute Gasteiger partial charge is 0.234 e. The van der Waals surface area contributed by atoms with E-state index in [1.54, 1.807) is 54.7 Å². The summed E-state index contributed by atoms with van der Waals surface area (Å²) in [5, 5.41) is 17.0. The highest BCUT2D eigenvalue weighted by Crippen LogP contribution is 2.08. The summed E-state index contributed by atoms with van der Waals surface area (Å²) in [7, 11) is 0. The molecule has 5 N–H and O–H groups in total. The van der Waals surface area contributed by atoms with Crippen LogP contribution in [-0.2, 0) is 9.59 Å². The number of hydrogen-bond acceptors (Lipinski definition) is 5. The molecule has 9 nitrogen and oxygen atoms in total. The van der Waals surface area contributed by atoms with Crippen molar-refractivity contribution in [2.75, 3.05) is 10.6 Å². The number of anilines is 2. The van der Waals surface area contributed by atoms with Gasteiger partial charge in [0.2, 0.25) is 17.8 Å². The van der Waals surface area contributed by atoms with Gasteiger partial charge in [0.05, 0.1) is 12.4 Å². The maximum absolute atomic E-state index is 11.0. The Morgan fingerprint density at radius 1 is 0.828 bits per heavy atom. The molecule has 0 saturated heterocycles. The molecule has 0 atom stereocenters. The number of halogens is 1. The summed E-state index contributed by atoms with van der Waals surface area (Å²) >= 11 is 0. The molecule has 0 bridgehead atoms. The van der Waals surface area contributed by atoms with Gasteiger partial charge in [-0.25, -0.2) is 5.43 Å². The van der Waals surface area contributed by atoms with Crippen LogP contribution < -0.4 is 21.8 Å². The summed E-state index contributed by atoms with van der Waals surface area (Å²) in [4.78, 5) is 21.9. The first-order valence-electron chi connectivity index (χ1n) is 8.33. The summed E-state index contributed by atoms with van der Waals surface area (Å²) in [5.74, 6) is -0.234. The Hall–Kier alpha value is -3.72. The molecule has 0 aliphatic rings. The maximum atomic E-state index is 11.0. The first-order valence-corrected chi connectivity index (χ1v) is 8.33. The number of nitrogens with two attached hydrogens (primary N) is 1. The van der Waals surface area contributed by atoms with E-state index in [-0.39, 0.29) is 30.2 Å². The van der Waals surface area contributed by atoms with Crippen molar-refractivity contribution < 1.29 is 9.59 Å². The van der Waals surface area contributed by atoms with E-state index in [1.807, 2.05) is 0 Å². The highest BCUT2D eigenvalue weighted by Gasteiger charge is 1.96. The van der Waals surface area contributed by atoms with Gasteiger partial charge in [0.15, 0.2) is 0 Å². The predicted octanol–water partition coefficient (Wildman–Crippen LogP) is 2.30. The zero-order valence-electron chi connectivity index (χ0n) is 15.9. The number of hydrazone groups is 1. The van der Waals surface area contributed by atoms with Crippen LogP contribution in [0.2, 0.25) is 0 Å². The topological polar surface area (TPSA) is 133 Å². The lowest BCUT2D eigenvalue weighted by Crippen LogP contribution is -2.26. The Morgan fingerprint density at radius 3 is 1.72 bits per heavy atom. The predicted molar refractivity (Wildman–Crippen MR) is 119 cm³/mol. The number of carbonyl (C=O) groups excluding carboxylic acids is 2. The Labute approximate surface area is 174 Å². The van der Waals surface area contributed by atoms with Crippen molar-refractivity contribution >= 4 is 54.0 Å². The second-order valence-corrected chi connectivity index (χ2v) is 5.71. The summed E-state index contributed by atoms with van der Waals surface area (Å²) in [6.45, 7) is 2.90. The number of carbonyl (C=O) groups is 2. The molecule has 152 valence electrons. The van der Waals surface area contributed by atoms with Gasteiger partial charge in [-0.15, -0.1) is 17.5 Å². The van der Waals surface area contributed by atoms with Crippen LogP contribution in [0.1, 0.15) is 25.0 Å². The van der Waals surface area contributed by atoms with Crippen molar-refractivity contribution in [1.29, 1.82) is 0 Å². The lowest BCUT2D eigenvalue weighted by atomic mass is 10.2. The molecule has 0 aliphatic heterocycles. The normalized spacial score (nSPS) is 11.2. The molecule has 10 heteroatoms. The zero-order chi connectivity index (χ0) is 20.4. The van der Waals surface area contributed by atoms with Crippen LogP contribution in [0.3, 0.4) is 0 Å². The first kappa shape index (κ1) is 23.3. The molecule has 2 aromatic carbocycles. The van der Waals surface area contributed by atoms with Gasteiger partial charge in [0.1, 0.15) is 0 Å². The van der Waals surface area contributed by atoms with Gasteiger partial charge in [-0.2, -0.15) is 10.2 Å². The largest absolute Gasteiger partial charge is 0.367 e. The van der Waals surface area contributed by atoms with Crippen LogP contribution in [0.4, 0.5) is 11.4 Å². The third-order valence-corrected chi connectivity index (χ3v) is 3.23. The lowest BCUT2D eigenvalue weighted by Gasteiger charge is -2.01. The molecule has 0 fully saturated rings. The van der Waals surface area contributed by atoms with Crippen LogP contribution >= 0.6 is 12.4 Å².